The Bertz CT molecular complexity index is 1000. The van der Waals surface area contributed by atoms with Crippen molar-refractivity contribution in [1.82, 2.24) is 10.2 Å². The number of nitrogens with one attached hydrogen (secondary N) is 2. The smallest absolute Gasteiger partial charge is 0.342 e. The first-order chi connectivity index (χ1) is 15.2. The highest BCUT2D eigenvalue weighted by atomic mass is 35.5. The molecule has 1 saturated heterocycles. The fraction of sp³-hybridized carbons (Fsp3) is 0.480. The summed E-state index contributed by atoms with van der Waals surface area (Å²) >= 11 is 12.0. The van der Waals surface area contributed by atoms with Gasteiger partial charge in [0.05, 0.1) is 16.3 Å². The predicted molar refractivity (Wildman–Crippen MR) is 134 cm³/mol. The Morgan fingerprint density at radius 3 is 2.30 bits per heavy atom. The summed E-state index contributed by atoms with van der Waals surface area (Å²) < 4.78 is 39.8. The minimum atomic E-state index is -4.47. The van der Waals surface area contributed by atoms with Gasteiger partial charge in [-0.2, -0.15) is 13.2 Å². The highest BCUT2D eigenvalue weighted by Gasteiger charge is 2.41. The maximum absolute atomic E-state index is 13.3. The number of thiocarbonyl (C=S) groups is 1. The van der Waals surface area contributed by atoms with E-state index in [0.717, 1.165) is 36.1 Å². The largest absolute Gasteiger partial charge is 0.416 e. The molecule has 1 heterocycles. The van der Waals surface area contributed by atoms with Gasteiger partial charge in [0.1, 0.15) is 0 Å². The molecular weight excluding hydrogens is 467 g/mol. The Kier molecular flexibility index (Phi) is 7.37. The highest BCUT2D eigenvalue weighted by molar-refractivity contribution is 7.80. The van der Waals surface area contributed by atoms with Gasteiger partial charge in [0, 0.05) is 23.7 Å². The van der Waals surface area contributed by atoms with E-state index in [1.54, 1.807) is 0 Å². The Balaban J connectivity index is 1.96. The number of rotatable bonds is 4. The lowest BCUT2D eigenvalue weighted by Gasteiger charge is -2.50. The molecule has 0 atom stereocenters. The first-order valence-electron chi connectivity index (χ1n) is 11.0. The normalized spacial score (nSPS) is 18.1. The molecule has 2 aromatic rings. The van der Waals surface area contributed by atoms with E-state index in [4.69, 9.17) is 23.8 Å². The maximum atomic E-state index is 13.3. The standard InChI is InChI=1S/C25H31ClF3N3S/c1-16-8-6-7-9-17(16)15-32(19-13-23(2,3)31-24(4,5)14-19)22(33)30-21-12-18(25(27,28)29)10-11-20(21)26/h6-12,19,31H,13-15H2,1-5H3,(H,30,33). The van der Waals surface area contributed by atoms with Crippen LogP contribution in [0.3, 0.4) is 0 Å². The highest BCUT2D eigenvalue weighted by Crippen LogP contribution is 2.36. The fourth-order valence-electron chi connectivity index (χ4n) is 4.81. The van der Waals surface area contributed by atoms with Crippen LogP contribution in [0, 0.1) is 6.92 Å². The zero-order valence-corrected chi connectivity index (χ0v) is 21.2. The predicted octanol–water partition coefficient (Wildman–Crippen LogP) is 7.18. The molecule has 0 aliphatic carbocycles. The summed E-state index contributed by atoms with van der Waals surface area (Å²) in [4.78, 5) is 2.10. The van der Waals surface area contributed by atoms with Crippen molar-refractivity contribution in [2.24, 2.45) is 0 Å². The first kappa shape index (κ1) is 25.8. The van der Waals surface area contributed by atoms with E-state index >= 15 is 0 Å². The van der Waals surface area contributed by atoms with Gasteiger partial charge >= 0.3 is 6.18 Å². The number of halogens is 4. The second kappa shape index (κ2) is 9.43. The van der Waals surface area contributed by atoms with Crippen molar-refractivity contribution < 1.29 is 13.2 Å². The second-order valence-corrected chi connectivity index (χ2v) is 10.9. The number of hydrogen-bond donors (Lipinski definition) is 2. The molecule has 1 aliphatic heterocycles. The fourth-order valence-corrected chi connectivity index (χ4v) is 5.30. The molecule has 3 rings (SSSR count). The van der Waals surface area contributed by atoms with Crippen LogP contribution in [-0.4, -0.2) is 27.1 Å². The SMILES string of the molecule is Cc1ccccc1CN(C(=S)Nc1cc(C(F)(F)F)ccc1Cl)C1CC(C)(C)NC(C)(C)C1. The van der Waals surface area contributed by atoms with E-state index in [2.05, 4.69) is 49.3 Å². The van der Waals surface area contributed by atoms with Crippen LogP contribution in [0.15, 0.2) is 42.5 Å². The number of benzene rings is 2. The number of piperidine rings is 1. The number of nitrogens with zero attached hydrogens (tertiary/aromatic N) is 1. The van der Waals surface area contributed by atoms with Crippen LogP contribution < -0.4 is 10.6 Å². The topological polar surface area (TPSA) is 27.3 Å². The molecule has 0 bridgehead atoms. The Morgan fingerprint density at radius 1 is 1.12 bits per heavy atom. The third-order valence-electron chi connectivity index (χ3n) is 6.01. The summed E-state index contributed by atoms with van der Waals surface area (Å²) in [5.74, 6) is 0. The minimum absolute atomic E-state index is 0.0837. The monoisotopic (exact) mass is 497 g/mol. The second-order valence-electron chi connectivity index (χ2n) is 10.1. The van der Waals surface area contributed by atoms with Gasteiger partial charge in [-0.05, 0) is 89.0 Å². The van der Waals surface area contributed by atoms with Gasteiger partial charge in [0.15, 0.2) is 5.11 Å². The van der Waals surface area contributed by atoms with Crippen LogP contribution in [0.25, 0.3) is 0 Å². The lowest BCUT2D eigenvalue weighted by atomic mass is 9.79. The molecule has 0 spiro atoms. The van der Waals surface area contributed by atoms with Gasteiger partial charge in [0.2, 0.25) is 0 Å². The number of alkyl halides is 3. The van der Waals surface area contributed by atoms with Crippen molar-refractivity contribution in [3.05, 3.63) is 64.2 Å². The van der Waals surface area contributed by atoms with Crippen LogP contribution >= 0.6 is 23.8 Å². The van der Waals surface area contributed by atoms with Gasteiger partial charge < -0.3 is 15.5 Å². The summed E-state index contributed by atoms with van der Waals surface area (Å²) in [6.07, 6.45) is -2.80. The van der Waals surface area contributed by atoms with Crippen molar-refractivity contribution >= 4 is 34.6 Å². The molecule has 0 unspecified atom stereocenters. The molecule has 1 fully saturated rings. The number of aryl methyl sites for hydroxylation is 1. The van der Waals surface area contributed by atoms with E-state index in [1.807, 2.05) is 25.1 Å². The third-order valence-corrected chi connectivity index (χ3v) is 6.67. The third kappa shape index (κ3) is 6.61. The van der Waals surface area contributed by atoms with Crippen molar-refractivity contribution in [3.8, 4) is 0 Å². The molecule has 33 heavy (non-hydrogen) atoms. The van der Waals surface area contributed by atoms with Crippen LogP contribution in [-0.2, 0) is 12.7 Å². The summed E-state index contributed by atoms with van der Waals surface area (Å²) in [5.41, 5.74) is 1.38. The minimum Gasteiger partial charge on any atom is -0.342 e. The molecule has 180 valence electrons. The van der Waals surface area contributed by atoms with Gasteiger partial charge in [-0.25, -0.2) is 0 Å². The van der Waals surface area contributed by atoms with Crippen molar-refractivity contribution in [2.45, 2.75) is 77.3 Å². The van der Waals surface area contributed by atoms with E-state index in [-0.39, 0.29) is 27.8 Å². The average molecular weight is 498 g/mol. The molecule has 1 aliphatic rings. The molecule has 0 amide bonds. The van der Waals surface area contributed by atoms with Crippen LogP contribution in [0.1, 0.15) is 57.2 Å². The van der Waals surface area contributed by atoms with Gasteiger partial charge in [0.25, 0.3) is 0 Å². The molecule has 3 nitrogen and oxygen atoms in total. The number of anilines is 1. The van der Waals surface area contributed by atoms with Gasteiger partial charge in [-0.1, -0.05) is 35.9 Å². The van der Waals surface area contributed by atoms with E-state index in [0.29, 0.717) is 11.7 Å². The molecule has 0 saturated carbocycles. The summed E-state index contributed by atoms with van der Waals surface area (Å²) in [6.45, 7) is 11.2. The van der Waals surface area contributed by atoms with Gasteiger partial charge in [-0.15, -0.1) is 0 Å². The van der Waals surface area contributed by atoms with Crippen molar-refractivity contribution in [3.63, 3.8) is 0 Å². The molecular formula is C25H31ClF3N3S. The van der Waals surface area contributed by atoms with E-state index in [1.165, 1.54) is 6.07 Å². The molecule has 2 N–H and O–H groups in total. The van der Waals surface area contributed by atoms with Crippen molar-refractivity contribution in [1.29, 1.82) is 0 Å². The zero-order valence-electron chi connectivity index (χ0n) is 19.6. The molecule has 0 radical (unpaired) electrons. The molecule has 8 heteroatoms. The number of hydrogen-bond acceptors (Lipinski definition) is 2. The molecule has 0 aromatic heterocycles. The van der Waals surface area contributed by atoms with Crippen LogP contribution in [0.2, 0.25) is 5.02 Å². The van der Waals surface area contributed by atoms with Crippen LogP contribution in [0.4, 0.5) is 18.9 Å². The van der Waals surface area contributed by atoms with Gasteiger partial charge in [-0.3, -0.25) is 0 Å². The lowest BCUT2D eigenvalue weighted by Crippen LogP contribution is -2.63. The van der Waals surface area contributed by atoms with Crippen molar-refractivity contribution in [2.75, 3.05) is 5.32 Å². The Hall–Kier alpha value is -1.83. The summed E-state index contributed by atoms with van der Waals surface area (Å²) in [6, 6.07) is 11.4. The summed E-state index contributed by atoms with van der Waals surface area (Å²) in [5, 5.41) is 7.24. The Morgan fingerprint density at radius 2 is 1.73 bits per heavy atom. The van der Waals surface area contributed by atoms with Crippen LogP contribution in [0.5, 0.6) is 0 Å². The molecule has 2 aromatic carbocycles. The van der Waals surface area contributed by atoms with E-state index < -0.39 is 11.7 Å². The Labute approximate surface area is 204 Å². The average Bonchev–Trinajstić information content (AvgIpc) is 2.65. The maximum Gasteiger partial charge on any atom is 0.416 e. The first-order valence-corrected chi connectivity index (χ1v) is 11.7. The van der Waals surface area contributed by atoms with E-state index in [9.17, 15) is 13.2 Å². The lowest BCUT2D eigenvalue weighted by molar-refractivity contribution is -0.137. The zero-order chi connectivity index (χ0) is 24.6. The summed E-state index contributed by atoms with van der Waals surface area (Å²) in [7, 11) is 0. The quantitative estimate of drug-likeness (QED) is 0.438.